The molecule has 0 aliphatic rings. The Morgan fingerprint density at radius 1 is 1.29 bits per heavy atom. The van der Waals surface area contributed by atoms with Crippen molar-refractivity contribution in [2.45, 2.75) is 19.6 Å². The monoisotopic (exact) mass is 451 g/mol. The maximum atomic E-state index is 12.9. The van der Waals surface area contributed by atoms with Crippen molar-refractivity contribution >= 4 is 29.5 Å². The molecule has 1 aromatic carbocycles. The number of esters is 1. The summed E-state index contributed by atoms with van der Waals surface area (Å²) in [7, 11) is 1.27. The van der Waals surface area contributed by atoms with Gasteiger partial charge in [0.1, 0.15) is 5.82 Å². The number of alkyl halides is 3. The van der Waals surface area contributed by atoms with Crippen molar-refractivity contribution in [2.24, 2.45) is 0 Å². The molecule has 0 amide bonds. The highest BCUT2D eigenvalue weighted by Gasteiger charge is 2.34. The van der Waals surface area contributed by atoms with Crippen LogP contribution in [0, 0.1) is 6.92 Å². The Morgan fingerprint density at radius 2 is 2.00 bits per heavy atom. The van der Waals surface area contributed by atoms with Gasteiger partial charge in [0.15, 0.2) is 5.69 Å². The van der Waals surface area contributed by atoms with Crippen molar-refractivity contribution in [2.75, 3.05) is 12.4 Å². The average Bonchev–Trinajstić information content (AvgIpc) is 3.13. The third kappa shape index (κ3) is 5.60. The van der Waals surface area contributed by atoms with Crippen molar-refractivity contribution in [1.29, 1.82) is 0 Å². The third-order valence-corrected chi connectivity index (χ3v) is 4.39. The zero-order valence-electron chi connectivity index (χ0n) is 16.4. The molecule has 2 aromatic heterocycles. The van der Waals surface area contributed by atoms with E-state index in [-0.39, 0.29) is 5.28 Å². The van der Waals surface area contributed by atoms with Gasteiger partial charge in [0, 0.05) is 30.1 Å². The van der Waals surface area contributed by atoms with Gasteiger partial charge in [0.25, 0.3) is 0 Å². The van der Waals surface area contributed by atoms with Crippen LogP contribution in [0.4, 0.5) is 19.0 Å². The summed E-state index contributed by atoms with van der Waals surface area (Å²) < 4.78 is 44.4. The predicted octanol–water partition coefficient (Wildman–Crippen LogP) is 4.44. The van der Waals surface area contributed by atoms with Gasteiger partial charge in [-0.1, -0.05) is 12.1 Å². The number of carbonyl (C=O) groups is 1. The van der Waals surface area contributed by atoms with E-state index in [9.17, 15) is 18.0 Å². The average molecular weight is 452 g/mol. The van der Waals surface area contributed by atoms with E-state index < -0.39 is 17.8 Å². The summed E-state index contributed by atoms with van der Waals surface area (Å²) in [4.78, 5) is 19.3. The van der Waals surface area contributed by atoms with Gasteiger partial charge in [0.2, 0.25) is 5.28 Å². The largest absolute Gasteiger partial charge is 0.466 e. The lowest BCUT2D eigenvalue weighted by Crippen LogP contribution is -2.08. The fraction of sp³-hybridized carbons (Fsp3) is 0.200. The van der Waals surface area contributed by atoms with Crippen LogP contribution in [0.2, 0.25) is 5.28 Å². The van der Waals surface area contributed by atoms with E-state index in [0.717, 1.165) is 11.6 Å². The Hall–Kier alpha value is -3.40. The van der Waals surface area contributed by atoms with Crippen LogP contribution in [0.3, 0.4) is 0 Å². The summed E-state index contributed by atoms with van der Waals surface area (Å²) in [5.41, 5.74) is 1.30. The van der Waals surface area contributed by atoms with Crippen LogP contribution in [0.25, 0.3) is 11.8 Å². The van der Waals surface area contributed by atoms with E-state index in [1.807, 2.05) is 0 Å². The highest BCUT2D eigenvalue weighted by atomic mass is 35.5. The van der Waals surface area contributed by atoms with Crippen LogP contribution in [0.1, 0.15) is 22.5 Å². The van der Waals surface area contributed by atoms with Crippen LogP contribution in [-0.2, 0) is 22.3 Å². The Balaban J connectivity index is 1.75. The van der Waals surface area contributed by atoms with Gasteiger partial charge in [0.05, 0.1) is 12.8 Å². The van der Waals surface area contributed by atoms with Crippen LogP contribution in [-0.4, -0.2) is 32.8 Å². The van der Waals surface area contributed by atoms with E-state index in [1.165, 1.54) is 30.1 Å². The first kappa shape index (κ1) is 22.3. The van der Waals surface area contributed by atoms with Crippen LogP contribution >= 0.6 is 11.6 Å². The van der Waals surface area contributed by atoms with Gasteiger partial charge in [-0.15, -0.1) is 0 Å². The summed E-state index contributed by atoms with van der Waals surface area (Å²) in [5.74, 6) is -0.124. The number of ether oxygens (including phenoxy) is 1. The highest BCUT2D eigenvalue weighted by Crippen LogP contribution is 2.29. The number of nitrogens with zero attached hydrogens (tertiary/aromatic N) is 4. The minimum atomic E-state index is -4.50. The molecule has 0 saturated carbocycles. The molecular formula is C20H17ClF3N5O2. The lowest BCUT2D eigenvalue weighted by atomic mass is 10.2. The number of halogens is 4. The maximum Gasteiger partial charge on any atom is 0.435 e. The zero-order valence-corrected chi connectivity index (χ0v) is 17.2. The molecule has 0 atom stereocenters. The van der Waals surface area contributed by atoms with Crippen molar-refractivity contribution < 1.29 is 22.7 Å². The quantitative estimate of drug-likeness (QED) is 0.339. The lowest BCUT2D eigenvalue weighted by Gasteiger charge is -2.10. The van der Waals surface area contributed by atoms with Gasteiger partial charge >= 0.3 is 12.1 Å². The normalized spacial score (nSPS) is 11.7. The molecule has 0 bridgehead atoms. The first-order valence-corrected chi connectivity index (χ1v) is 9.31. The van der Waals surface area contributed by atoms with Crippen LogP contribution in [0.15, 0.2) is 42.6 Å². The molecule has 7 nitrogen and oxygen atoms in total. The zero-order chi connectivity index (χ0) is 22.6. The first-order valence-electron chi connectivity index (χ1n) is 8.93. The number of carbonyl (C=O) groups excluding carboxylic acids is 1. The Kier molecular flexibility index (Phi) is 6.59. The number of nitrogens with one attached hydrogen (secondary N) is 1. The molecule has 3 aromatic rings. The summed E-state index contributed by atoms with van der Waals surface area (Å²) in [5, 5.41) is 6.76. The van der Waals surface area contributed by atoms with Crippen LogP contribution < -0.4 is 5.32 Å². The van der Waals surface area contributed by atoms with Gasteiger partial charge in [-0.2, -0.15) is 18.3 Å². The Labute approximate surface area is 180 Å². The van der Waals surface area contributed by atoms with E-state index in [1.54, 1.807) is 31.2 Å². The topological polar surface area (TPSA) is 81.9 Å². The summed E-state index contributed by atoms with van der Waals surface area (Å²) in [6, 6.07) is 7.84. The fourth-order valence-electron chi connectivity index (χ4n) is 2.67. The van der Waals surface area contributed by atoms with Gasteiger partial charge in [-0.05, 0) is 48.4 Å². The third-order valence-electron chi connectivity index (χ3n) is 4.21. The van der Waals surface area contributed by atoms with Crippen molar-refractivity contribution in [3.8, 4) is 5.69 Å². The molecule has 0 unspecified atom stereocenters. The van der Waals surface area contributed by atoms with Gasteiger partial charge in [-0.3, -0.25) is 0 Å². The minimum Gasteiger partial charge on any atom is -0.466 e. The molecular weight excluding hydrogens is 435 g/mol. The second-order valence-electron chi connectivity index (χ2n) is 6.40. The van der Waals surface area contributed by atoms with E-state index in [2.05, 4.69) is 25.1 Å². The molecule has 31 heavy (non-hydrogen) atoms. The van der Waals surface area contributed by atoms with Crippen LogP contribution in [0.5, 0.6) is 0 Å². The first-order chi connectivity index (χ1) is 14.7. The standard InChI is InChI=1S/C20H17ClF3N5O2/c1-12-9-16(20(22,23)24)28-29(12)15-6-3-13(4-7-15)10-25-18-14(5-8-17(30)31-2)11-26-19(21)27-18/h3-9,11H,10H2,1-2H3,(H,25,26,27)/b8-5+. The number of aryl methyl sites for hydroxylation is 1. The summed E-state index contributed by atoms with van der Waals surface area (Å²) >= 11 is 5.86. The predicted molar refractivity (Wildman–Crippen MR) is 109 cm³/mol. The van der Waals surface area contributed by atoms with E-state index in [0.29, 0.717) is 29.3 Å². The molecule has 0 spiro atoms. The molecule has 3 rings (SSSR count). The van der Waals surface area contributed by atoms with E-state index >= 15 is 0 Å². The number of anilines is 1. The minimum absolute atomic E-state index is 0.0303. The second-order valence-corrected chi connectivity index (χ2v) is 6.74. The summed E-state index contributed by atoms with van der Waals surface area (Å²) in [6.45, 7) is 1.90. The number of aromatic nitrogens is 4. The molecule has 0 aliphatic heterocycles. The molecule has 162 valence electrons. The smallest absolute Gasteiger partial charge is 0.435 e. The van der Waals surface area contributed by atoms with Gasteiger partial charge in [-0.25, -0.2) is 19.4 Å². The van der Waals surface area contributed by atoms with Crippen molar-refractivity contribution in [1.82, 2.24) is 19.7 Å². The highest BCUT2D eigenvalue weighted by molar-refractivity contribution is 6.28. The number of methoxy groups -OCH3 is 1. The molecule has 1 N–H and O–H groups in total. The Morgan fingerprint density at radius 3 is 2.61 bits per heavy atom. The number of benzene rings is 1. The Bertz CT molecular complexity index is 1110. The van der Waals surface area contributed by atoms with Crippen molar-refractivity contribution in [3.63, 3.8) is 0 Å². The fourth-order valence-corrected chi connectivity index (χ4v) is 2.81. The maximum absolute atomic E-state index is 12.9. The second kappa shape index (κ2) is 9.17. The van der Waals surface area contributed by atoms with Gasteiger partial charge < -0.3 is 10.1 Å². The molecule has 2 heterocycles. The molecule has 11 heteroatoms. The molecule has 0 aliphatic carbocycles. The molecule has 0 fully saturated rings. The number of hydrogen-bond acceptors (Lipinski definition) is 6. The summed E-state index contributed by atoms with van der Waals surface area (Å²) in [6.07, 6.45) is -0.321. The number of hydrogen-bond donors (Lipinski definition) is 1. The molecule has 0 saturated heterocycles. The lowest BCUT2D eigenvalue weighted by molar-refractivity contribution is -0.141. The molecule has 0 radical (unpaired) electrons. The number of rotatable bonds is 6. The van der Waals surface area contributed by atoms with Crippen molar-refractivity contribution in [3.05, 3.63) is 70.4 Å². The van der Waals surface area contributed by atoms with E-state index in [4.69, 9.17) is 11.6 Å². The SMILES string of the molecule is COC(=O)/C=C/c1cnc(Cl)nc1NCc1ccc(-n2nc(C(F)(F)F)cc2C)cc1.